The maximum atomic E-state index is 10.7. The molecule has 0 saturated carbocycles. The van der Waals surface area contributed by atoms with Crippen molar-refractivity contribution >= 4 is 12.0 Å². The minimum atomic E-state index is -0.866. The number of ether oxygens (including phenoxy) is 1. The molecule has 0 aliphatic carbocycles. The normalized spacial score (nSPS) is 27.5. The van der Waals surface area contributed by atoms with E-state index in [1.807, 2.05) is 0 Å². The summed E-state index contributed by atoms with van der Waals surface area (Å²) in [5.74, 6) is -0.631. The van der Waals surface area contributed by atoms with Gasteiger partial charge < -0.3 is 15.8 Å². The summed E-state index contributed by atoms with van der Waals surface area (Å²) in [6.07, 6.45) is -1.46. The molecule has 3 N–H and O–H groups in total. The van der Waals surface area contributed by atoms with E-state index >= 15 is 0 Å². The summed E-state index contributed by atoms with van der Waals surface area (Å²) < 4.78 is 4.61. The second-order valence-electron chi connectivity index (χ2n) is 3.03. The maximum absolute atomic E-state index is 10.7. The van der Waals surface area contributed by atoms with Crippen LogP contribution in [0.5, 0.6) is 0 Å². The zero-order valence-electron chi connectivity index (χ0n) is 6.38. The monoisotopic (exact) mass is 158 g/mol. The van der Waals surface area contributed by atoms with Crippen LogP contribution in [0.2, 0.25) is 0 Å². The Morgan fingerprint density at radius 2 is 2.27 bits per heavy atom. The number of carbonyl (C=O) groups excluding carboxylic acids is 2. The number of rotatable bonds is 1. The highest BCUT2D eigenvalue weighted by atomic mass is 16.6. The minimum Gasteiger partial charge on any atom is -0.434 e. The summed E-state index contributed by atoms with van der Waals surface area (Å²) >= 11 is 0. The molecule has 1 saturated heterocycles. The van der Waals surface area contributed by atoms with Crippen molar-refractivity contribution in [2.24, 2.45) is 5.73 Å². The van der Waals surface area contributed by atoms with Crippen LogP contribution in [-0.4, -0.2) is 23.6 Å². The lowest BCUT2D eigenvalue weighted by Crippen LogP contribution is -2.48. The number of hydrogen-bond acceptors (Lipinski definition) is 3. The van der Waals surface area contributed by atoms with E-state index in [0.717, 1.165) is 0 Å². The van der Waals surface area contributed by atoms with Gasteiger partial charge in [0.25, 0.3) is 5.91 Å². The molecule has 0 bridgehead atoms. The summed E-state index contributed by atoms with van der Waals surface area (Å²) in [5, 5.41) is 2.46. The summed E-state index contributed by atoms with van der Waals surface area (Å²) in [6.45, 7) is 3.35. The Morgan fingerprint density at radius 3 is 2.45 bits per heavy atom. The van der Waals surface area contributed by atoms with Gasteiger partial charge in [0.05, 0.1) is 5.54 Å². The average Bonchev–Trinajstić information content (AvgIpc) is 2.04. The fourth-order valence-corrected chi connectivity index (χ4v) is 1.03. The molecule has 0 aromatic heterocycles. The molecule has 1 heterocycles. The topological polar surface area (TPSA) is 81.4 Å². The van der Waals surface area contributed by atoms with Gasteiger partial charge in [-0.3, -0.25) is 4.79 Å². The van der Waals surface area contributed by atoms with Crippen molar-refractivity contribution < 1.29 is 14.3 Å². The van der Waals surface area contributed by atoms with Crippen molar-refractivity contribution in [1.29, 1.82) is 0 Å². The van der Waals surface area contributed by atoms with Gasteiger partial charge >= 0.3 is 6.09 Å². The number of carbonyl (C=O) groups is 2. The lowest BCUT2D eigenvalue weighted by Gasteiger charge is -2.19. The molecule has 1 unspecified atom stereocenters. The molecule has 5 nitrogen and oxygen atoms in total. The van der Waals surface area contributed by atoms with Gasteiger partial charge in [-0.2, -0.15) is 0 Å². The lowest BCUT2D eigenvalue weighted by atomic mass is 9.98. The molecular formula is C6H10N2O3. The largest absolute Gasteiger partial charge is 0.434 e. The van der Waals surface area contributed by atoms with Crippen LogP contribution in [0.4, 0.5) is 4.79 Å². The molecule has 5 heteroatoms. The second kappa shape index (κ2) is 2.11. The van der Waals surface area contributed by atoms with Gasteiger partial charge in [0.15, 0.2) is 0 Å². The third kappa shape index (κ3) is 1.26. The Balaban J connectivity index is 2.82. The van der Waals surface area contributed by atoms with Gasteiger partial charge in [-0.15, -0.1) is 0 Å². The molecular weight excluding hydrogens is 148 g/mol. The summed E-state index contributed by atoms with van der Waals surface area (Å²) in [5.41, 5.74) is 4.29. The van der Waals surface area contributed by atoms with Gasteiger partial charge in [-0.05, 0) is 13.8 Å². The zero-order chi connectivity index (χ0) is 8.65. The molecule has 0 aromatic carbocycles. The number of alkyl carbamates (subject to hydrolysis) is 1. The number of hydrogen-bond donors (Lipinski definition) is 2. The first-order valence-corrected chi connectivity index (χ1v) is 3.21. The molecule has 1 aliphatic heterocycles. The molecule has 11 heavy (non-hydrogen) atoms. The minimum absolute atomic E-state index is 0.598. The zero-order valence-corrected chi connectivity index (χ0v) is 6.38. The third-order valence-electron chi connectivity index (χ3n) is 1.56. The van der Waals surface area contributed by atoms with Crippen molar-refractivity contribution in [3.05, 3.63) is 0 Å². The van der Waals surface area contributed by atoms with Crippen molar-refractivity contribution in [3.8, 4) is 0 Å². The van der Waals surface area contributed by atoms with Gasteiger partial charge in [0.1, 0.15) is 0 Å². The number of cyclic esters (lactones) is 1. The van der Waals surface area contributed by atoms with Gasteiger partial charge in [-0.25, -0.2) is 4.79 Å². The van der Waals surface area contributed by atoms with E-state index in [1.54, 1.807) is 13.8 Å². The van der Waals surface area contributed by atoms with Crippen molar-refractivity contribution in [2.45, 2.75) is 25.5 Å². The first-order valence-electron chi connectivity index (χ1n) is 3.21. The van der Waals surface area contributed by atoms with Crippen LogP contribution in [-0.2, 0) is 9.53 Å². The molecule has 2 amide bonds. The van der Waals surface area contributed by atoms with Crippen LogP contribution in [0.25, 0.3) is 0 Å². The fourth-order valence-electron chi connectivity index (χ4n) is 1.03. The van der Waals surface area contributed by atoms with Crippen LogP contribution < -0.4 is 11.1 Å². The van der Waals surface area contributed by atoms with Gasteiger partial charge in [0, 0.05) is 0 Å². The first-order chi connectivity index (χ1) is 4.93. The Kier molecular flexibility index (Phi) is 1.51. The Hall–Kier alpha value is -1.26. The number of primary amides is 1. The second-order valence-corrected chi connectivity index (χ2v) is 3.03. The van der Waals surface area contributed by atoms with Crippen LogP contribution >= 0.6 is 0 Å². The molecule has 1 aliphatic rings. The standard InChI is InChI=1S/C6H10N2O3/c1-6(2)3(4(7)9)11-5(10)8-6/h3H,1-2H3,(H2,7,9)(H,8,10). The number of nitrogens with one attached hydrogen (secondary N) is 1. The summed E-state index contributed by atoms with van der Waals surface area (Å²) in [4.78, 5) is 21.3. The molecule has 1 rings (SSSR count). The summed E-state index contributed by atoms with van der Waals surface area (Å²) in [7, 11) is 0. The van der Waals surface area contributed by atoms with Crippen molar-refractivity contribution in [3.63, 3.8) is 0 Å². The molecule has 0 spiro atoms. The van der Waals surface area contributed by atoms with Crippen LogP contribution in [0.15, 0.2) is 0 Å². The highest BCUT2D eigenvalue weighted by Gasteiger charge is 2.44. The highest BCUT2D eigenvalue weighted by Crippen LogP contribution is 2.18. The molecule has 0 radical (unpaired) electrons. The Labute approximate surface area is 63.9 Å². The summed E-state index contributed by atoms with van der Waals surface area (Å²) in [6, 6.07) is 0. The number of nitrogens with two attached hydrogens (primary N) is 1. The van der Waals surface area contributed by atoms with E-state index in [2.05, 4.69) is 10.1 Å². The van der Waals surface area contributed by atoms with E-state index < -0.39 is 23.6 Å². The maximum Gasteiger partial charge on any atom is 0.408 e. The fraction of sp³-hybridized carbons (Fsp3) is 0.667. The third-order valence-corrected chi connectivity index (χ3v) is 1.56. The molecule has 1 atom stereocenters. The van der Waals surface area contributed by atoms with Crippen molar-refractivity contribution in [1.82, 2.24) is 5.32 Å². The number of amides is 2. The van der Waals surface area contributed by atoms with Crippen LogP contribution in [0.3, 0.4) is 0 Å². The SMILES string of the molecule is CC1(C)NC(=O)OC1C(N)=O. The molecule has 62 valence electrons. The van der Waals surface area contributed by atoms with Crippen LogP contribution in [0.1, 0.15) is 13.8 Å². The Morgan fingerprint density at radius 1 is 1.73 bits per heavy atom. The predicted octanol–water partition coefficient (Wildman–Crippen LogP) is -0.641. The highest BCUT2D eigenvalue weighted by molar-refractivity contribution is 5.86. The van der Waals surface area contributed by atoms with Crippen molar-refractivity contribution in [2.75, 3.05) is 0 Å². The first kappa shape index (κ1) is 7.84. The van der Waals surface area contributed by atoms with Crippen LogP contribution in [0, 0.1) is 0 Å². The molecule has 1 fully saturated rings. The average molecular weight is 158 g/mol. The van der Waals surface area contributed by atoms with E-state index in [1.165, 1.54) is 0 Å². The van der Waals surface area contributed by atoms with Gasteiger partial charge in [0.2, 0.25) is 6.10 Å². The van der Waals surface area contributed by atoms with E-state index in [-0.39, 0.29) is 0 Å². The van der Waals surface area contributed by atoms with Gasteiger partial charge in [-0.1, -0.05) is 0 Å². The van der Waals surface area contributed by atoms with E-state index in [0.29, 0.717) is 0 Å². The van der Waals surface area contributed by atoms with E-state index in [9.17, 15) is 9.59 Å². The quantitative estimate of drug-likeness (QED) is 0.532. The predicted molar refractivity (Wildman–Crippen MR) is 36.7 cm³/mol. The Bertz CT molecular complexity index is 212. The van der Waals surface area contributed by atoms with E-state index in [4.69, 9.17) is 5.73 Å². The smallest absolute Gasteiger partial charge is 0.408 e. The molecule has 0 aromatic rings. The lowest BCUT2D eigenvalue weighted by molar-refractivity contribution is -0.126.